The van der Waals surface area contributed by atoms with Crippen LogP contribution in [-0.4, -0.2) is 15.3 Å². The number of halogens is 1. The van der Waals surface area contributed by atoms with Gasteiger partial charge in [0.25, 0.3) is 0 Å². The number of phenolic OH excluding ortho intramolecular Hbond substituents is 1. The first-order chi connectivity index (χ1) is 9.22. The molecular formula is C14H9FN2O2. The Balaban J connectivity index is 1.97. The third kappa shape index (κ3) is 2.30. The first-order valence-electron chi connectivity index (χ1n) is 5.61. The van der Waals surface area contributed by atoms with Gasteiger partial charge < -0.3 is 9.52 Å². The Morgan fingerprint density at radius 3 is 2.26 bits per heavy atom. The van der Waals surface area contributed by atoms with E-state index < -0.39 is 0 Å². The van der Waals surface area contributed by atoms with Crippen LogP contribution in [0.15, 0.2) is 52.9 Å². The molecule has 94 valence electrons. The van der Waals surface area contributed by atoms with E-state index in [0.717, 1.165) is 0 Å². The lowest BCUT2D eigenvalue weighted by molar-refractivity contribution is 0.475. The number of benzene rings is 2. The summed E-state index contributed by atoms with van der Waals surface area (Å²) in [5.41, 5.74) is 1.26. The smallest absolute Gasteiger partial charge is 0.248 e. The zero-order valence-corrected chi connectivity index (χ0v) is 9.75. The summed E-state index contributed by atoms with van der Waals surface area (Å²) in [5, 5.41) is 17.2. The Hall–Kier alpha value is -2.69. The first-order valence-corrected chi connectivity index (χ1v) is 5.61. The number of aromatic nitrogens is 2. The predicted molar refractivity (Wildman–Crippen MR) is 66.8 cm³/mol. The molecule has 0 radical (unpaired) electrons. The van der Waals surface area contributed by atoms with Crippen molar-refractivity contribution in [1.82, 2.24) is 10.2 Å². The van der Waals surface area contributed by atoms with Gasteiger partial charge >= 0.3 is 0 Å². The Kier molecular flexibility index (Phi) is 2.72. The van der Waals surface area contributed by atoms with Crippen molar-refractivity contribution < 1.29 is 13.9 Å². The highest BCUT2D eigenvalue weighted by molar-refractivity contribution is 5.59. The Labute approximate surface area is 108 Å². The van der Waals surface area contributed by atoms with Crippen molar-refractivity contribution in [2.75, 3.05) is 0 Å². The predicted octanol–water partition coefficient (Wildman–Crippen LogP) is 3.25. The van der Waals surface area contributed by atoms with Gasteiger partial charge in [-0.2, -0.15) is 0 Å². The monoisotopic (exact) mass is 256 g/mol. The minimum Gasteiger partial charge on any atom is -0.508 e. The van der Waals surface area contributed by atoms with Gasteiger partial charge in [-0.25, -0.2) is 4.39 Å². The Bertz CT molecular complexity index is 707. The molecule has 2 aromatic carbocycles. The maximum Gasteiger partial charge on any atom is 0.248 e. The summed E-state index contributed by atoms with van der Waals surface area (Å²) in [4.78, 5) is 0. The van der Waals surface area contributed by atoms with E-state index in [1.54, 1.807) is 30.3 Å². The van der Waals surface area contributed by atoms with E-state index in [1.165, 1.54) is 18.2 Å². The summed E-state index contributed by atoms with van der Waals surface area (Å²) in [6.45, 7) is 0. The standard InChI is InChI=1S/C14H9FN2O2/c15-11-6-4-9(5-7-11)13-16-17-14(19-13)10-2-1-3-12(18)8-10/h1-8,18H. The minimum atomic E-state index is -0.323. The van der Waals surface area contributed by atoms with Gasteiger partial charge in [0.15, 0.2) is 0 Å². The largest absolute Gasteiger partial charge is 0.508 e. The van der Waals surface area contributed by atoms with Crippen LogP contribution in [0.1, 0.15) is 0 Å². The van der Waals surface area contributed by atoms with E-state index >= 15 is 0 Å². The Morgan fingerprint density at radius 2 is 1.58 bits per heavy atom. The summed E-state index contributed by atoms with van der Waals surface area (Å²) < 4.78 is 18.3. The van der Waals surface area contributed by atoms with Crippen molar-refractivity contribution >= 4 is 0 Å². The number of nitrogens with zero attached hydrogens (tertiary/aromatic N) is 2. The van der Waals surface area contributed by atoms with Gasteiger partial charge in [0.2, 0.25) is 11.8 Å². The van der Waals surface area contributed by atoms with Gasteiger partial charge in [-0.15, -0.1) is 10.2 Å². The molecular weight excluding hydrogens is 247 g/mol. The van der Waals surface area contributed by atoms with Crippen molar-refractivity contribution in [3.8, 4) is 28.7 Å². The van der Waals surface area contributed by atoms with Crippen molar-refractivity contribution in [1.29, 1.82) is 0 Å². The van der Waals surface area contributed by atoms with Gasteiger partial charge in [-0.05, 0) is 42.5 Å². The maximum atomic E-state index is 12.8. The highest BCUT2D eigenvalue weighted by Gasteiger charge is 2.10. The summed E-state index contributed by atoms with van der Waals surface area (Å²) in [6, 6.07) is 12.3. The molecule has 0 saturated heterocycles. The zero-order chi connectivity index (χ0) is 13.2. The van der Waals surface area contributed by atoms with Crippen LogP contribution >= 0.6 is 0 Å². The Morgan fingerprint density at radius 1 is 0.895 bits per heavy atom. The highest BCUT2D eigenvalue weighted by atomic mass is 19.1. The fourth-order valence-corrected chi connectivity index (χ4v) is 1.69. The van der Waals surface area contributed by atoms with Crippen molar-refractivity contribution in [3.63, 3.8) is 0 Å². The van der Waals surface area contributed by atoms with Crippen LogP contribution in [0.4, 0.5) is 4.39 Å². The van der Waals surface area contributed by atoms with Crippen molar-refractivity contribution in [2.45, 2.75) is 0 Å². The quantitative estimate of drug-likeness (QED) is 0.764. The minimum absolute atomic E-state index is 0.124. The molecule has 0 aliphatic heterocycles. The second-order valence-electron chi connectivity index (χ2n) is 3.97. The summed E-state index contributed by atoms with van der Waals surface area (Å²) in [6.07, 6.45) is 0. The average Bonchev–Trinajstić information content (AvgIpc) is 2.89. The summed E-state index contributed by atoms with van der Waals surface area (Å²) in [5.74, 6) is 0.407. The SMILES string of the molecule is Oc1cccc(-c2nnc(-c3ccc(F)cc3)o2)c1. The van der Waals surface area contributed by atoms with E-state index in [-0.39, 0.29) is 11.6 Å². The van der Waals surface area contributed by atoms with Gasteiger partial charge in [0.05, 0.1) is 0 Å². The van der Waals surface area contributed by atoms with Gasteiger partial charge in [-0.3, -0.25) is 0 Å². The maximum absolute atomic E-state index is 12.8. The second-order valence-corrected chi connectivity index (χ2v) is 3.97. The van der Waals surface area contributed by atoms with Crippen LogP contribution in [0.5, 0.6) is 5.75 Å². The molecule has 0 bridgehead atoms. The highest BCUT2D eigenvalue weighted by Crippen LogP contribution is 2.25. The zero-order valence-electron chi connectivity index (χ0n) is 9.75. The molecule has 5 heteroatoms. The van der Waals surface area contributed by atoms with E-state index in [4.69, 9.17) is 4.42 Å². The molecule has 0 amide bonds. The van der Waals surface area contributed by atoms with Crippen LogP contribution in [0.3, 0.4) is 0 Å². The number of rotatable bonds is 2. The lowest BCUT2D eigenvalue weighted by atomic mass is 10.2. The van der Waals surface area contributed by atoms with E-state index in [2.05, 4.69) is 10.2 Å². The van der Waals surface area contributed by atoms with Gasteiger partial charge in [-0.1, -0.05) is 6.07 Å². The van der Waals surface area contributed by atoms with Crippen LogP contribution < -0.4 is 0 Å². The van der Waals surface area contributed by atoms with Crippen molar-refractivity contribution in [3.05, 3.63) is 54.3 Å². The van der Waals surface area contributed by atoms with Gasteiger partial charge in [0.1, 0.15) is 11.6 Å². The van der Waals surface area contributed by atoms with E-state index in [9.17, 15) is 9.50 Å². The molecule has 19 heavy (non-hydrogen) atoms. The number of phenols is 1. The molecule has 0 fully saturated rings. The molecule has 1 heterocycles. The van der Waals surface area contributed by atoms with Gasteiger partial charge in [0, 0.05) is 11.1 Å². The molecule has 0 saturated carbocycles. The number of hydrogen-bond donors (Lipinski definition) is 1. The molecule has 0 aliphatic rings. The lowest BCUT2D eigenvalue weighted by Gasteiger charge is -1.96. The molecule has 0 unspecified atom stereocenters. The lowest BCUT2D eigenvalue weighted by Crippen LogP contribution is -1.78. The molecule has 1 aromatic heterocycles. The van der Waals surface area contributed by atoms with Crippen LogP contribution in [-0.2, 0) is 0 Å². The first kappa shape index (κ1) is 11.4. The number of aromatic hydroxyl groups is 1. The molecule has 3 rings (SSSR count). The van der Waals surface area contributed by atoms with Crippen LogP contribution in [0.25, 0.3) is 22.9 Å². The topological polar surface area (TPSA) is 59.2 Å². The molecule has 0 aliphatic carbocycles. The van der Waals surface area contributed by atoms with Crippen LogP contribution in [0.2, 0.25) is 0 Å². The molecule has 4 nitrogen and oxygen atoms in total. The average molecular weight is 256 g/mol. The fourth-order valence-electron chi connectivity index (χ4n) is 1.69. The fraction of sp³-hybridized carbons (Fsp3) is 0. The molecule has 3 aromatic rings. The molecule has 0 spiro atoms. The van der Waals surface area contributed by atoms with E-state index in [1.807, 2.05) is 0 Å². The summed E-state index contributed by atoms with van der Waals surface area (Å²) >= 11 is 0. The van der Waals surface area contributed by atoms with Crippen LogP contribution in [0, 0.1) is 5.82 Å². The van der Waals surface area contributed by atoms with E-state index in [0.29, 0.717) is 22.9 Å². The number of hydrogen-bond acceptors (Lipinski definition) is 4. The molecule has 1 N–H and O–H groups in total. The molecule has 0 atom stereocenters. The third-order valence-electron chi connectivity index (χ3n) is 2.61. The normalized spacial score (nSPS) is 10.6. The second kappa shape index (κ2) is 4.53. The van der Waals surface area contributed by atoms with Crippen molar-refractivity contribution in [2.24, 2.45) is 0 Å². The third-order valence-corrected chi connectivity index (χ3v) is 2.61. The summed E-state index contributed by atoms with van der Waals surface area (Å²) in [7, 11) is 0.